The number of anilines is 3. The Kier molecular flexibility index (Phi) is 7.55. The van der Waals surface area contributed by atoms with Crippen molar-refractivity contribution in [2.45, 2.75) is 9.79 Å². The van der Waals surface area contributed by atoms with E-state index in [0.29, 0.717) is 17.5 Å². The second-order valence-electron chi connectivity index (χ2n) is 14.0. The molecule has 0 N–H and O–H groups in total. The van der Waals surface area contributed by atoms with Crippen molar-refractivity contribution in [3.63, 3.8) is 0 Å². The molecule has 0 fully saturated rings. The van der Waals surface area contributed by atoms with E-state index in [-0.39, 0.29) is 0 Å². The van der Waals surface area contributed by atoms with Crippen LogP contribution in [0, 0.1) is 0 Å². The van der Waals surface area contributed by atoms with Crippen molar-refractivity contribution in [3.05, 3.63) is 176 Å². The lowest BCUT2D eigenvalue weighted by Crippen LogP contribution is -2.37. The van der Waals surface area contributed by atoms with Crippen LogP contribution in [0.25, 0.3) is 45.3 Å². The first-order valence-electron chi connectivity index (χ1n) is 18.0. The zero-order chi connectivity index (χ0) is 36.4. The van der Waals surface area contributed by atoms with E-state index in [9.17, 15) is 0 Å². The van der Waals surface area contributed by atoms with Gasteiger partial charge in [0.1, 0.15) is 0 Å². The number of hydrogen-bond acceptors (Lipinski definition) is 5. The first-order chi connectivity index (χ1) is 26.4. The van der Waals surface area contributed by atoms with Crippen LogP contribution < -0.4 is 20.8 Å². The van der Waals surface area contributed by atoms with Gasteiger partial charge in [-0.15, -0.1) is 0 Å². The Morgan fingerprint density at radius 2 is 0.981 bits per heavy atom. The molecule has 0 aliphatic carbocycles. The molecule has 0 amide bonds. The molecule has 54 heavy (non-hydrogen) atoms. The van der Waals surface area contributed by atoms with Crippen molar-refractivity contribution in [2.24, 2.45) is 0 Å². The van der Waals surface area contributed by atoms with Gasteiger partial charge in [-0.1, -0.05) is 127 Å². The summed E-state index contributed by atoms with van der Waals surface area (Å²) in [7, 11) is -4.84. The maximum Gasteiger partial charge on any atom is 0.175 e. The Morgan fingerprint density at radius 1 is 0.463 bits per heavy atom. The fraction of sp³-hybridized carbons (Fsp3) is 0.0426. The molecular formula is C47H35N4OPS. The Morgan fingerprint density at radius 3 is 1.61 bits per heavy atom. The van der Waals surface area contributed by atoms with Crippen LogP contribution in [0.3, 0.4) is 0 Å². The lowest BCUT2D eigenvalue weighted by molar-refractivity contribution is 0.592. The molecule has 5 nitrogen and oxygen atoms in total. The molecule has 0 saturated carbocycles. The second kappa shape index (κ2) is 12.5. The first-order valence-corrected chi connectivity index (χ1v) is 22.1. The van der Waals surface area contributed by atoms with E-state index in [1.165, 1.54) is 20.9 Å². The van der Waals surface area contributed by atoms with Gasteiger partial charge in [0.15, 0.2) is 24.6 Å². The van der Waals surface area contributed by atoms with Crippen molar-refractivity contribution >= 4 is 50.1 Å². The summed E-state index contributed by atoms with van der Waals surface area (Å²) in [6.07, 6.45) is 4.72. The van der Waals surface area contributed by atoms with E-state index in [2.05, 4.69) is 96.3 Å². The van der Waals surface area contributed by atoms with Gasteiger partial charge in [0, 0.05) is 48.1 Å². The fourth-order valence-corrected chi connectivity index (χ4v) is 13.6. The second-order valence-corrected chi connectivity index (χ2v) is 20.2. The van der Waals surface area contributed by atoms with Crippen LogP contribution >= 0.6 is 17.2 Å². The monoisotopic (exact) mass is 734 g/mol. The van der Waals surface area contributed by atoms with Crippen LogP contribution in [0.2, 0.25) is 0 Å². The molecule has 0 bridgehead atoms. The quantitative estimate of drug-likeness (QED) is 0.165. The normalized spacial score (nSPS) is 16.8. The predicted octanol–water partition coefficient (Wildman–Crippen LogP) is 10.8. The highest BCUT2D eigenvalue weighted by Crippen LogP contribution is 2.69. The number of hydrogen-bond donors (Lipinski definition) is 0. The van der Waals surface area contributed by atoms with Gasteiger partial charge in [-0.3, -0.25) is 0 Å². The fourth-order valence-electron chi connectivity index (χ4n) is 7.95. The minimum Gasteiger partial charge on any atom is -0.309 e. The van der Waals surface area contributed by atoms with Crippen LogP contribution in [0.5, 0.6) is 0 Å². The summed E-state index contributed by atoms with van der Waals surface area (Å²) in [5.41, 5.74) is 7.88. The van der Waals surface area contributed by atoms with E-state index >= 15 is 4.57 Å². The number of aromatic nitrogens is 3. The van der Waals surface area contributed by atoms with Gasteiger partial charge in [0.25, 0.3) is 0 Å². The summed E-state index contributed by atoms with van der Waals surface area (Å²) >= 11 is 0. The third-order valence-corrected chi connectivity index (χ3v) is 16.6. The third-order valence-electron chi connectivity index (χ3n) is 10.6. The van der Waals surface area contributed by atoms with Gasteiger partial charge in [-0.2, -0.15) is 10.0 Å². The predicted molar refractivity (Wildman–Crippen MR) is 225 cm³/mol. The molecule has 1 atom stereocenters. The maximum absolute atomic E-state index is 16.6. The Hall–Kier alpha value is -6.07. The summed E-state index contributed by atoms with van der Waals surface area (Å²) in [6, 6.07) is 60.0. The van der Waals surface area contributed by atoms with Crippen LogP contribution in [0.15, 0.2) is 186 Å². The Bertz CT molecular complexity index is 2720. The minimum atomic E-state index is -3.47. The van der Waals surface area contributed by atoms with Crippen molar-refractivity contribution in [1.29, 1.82) is 0 Å². The summed E-state index contributed by atoms with van der Waals surface area (Å²) in [4.78, 5) is 20.0. The molecular weight excluding hydrogens is 700 g/mol. The molecule has 7 aromatic carbocycles. The zero-order valence-corrected chi connectivity index (χ0v) is 31.5. The molecule has 7 heteroatoms. The molecule has 3 heterocycles. The van der Waals surface area contributed by atoms with E-state index < -0.39 is 17.2 Å². The lowest BCUT2D eigenvalue weighted by atomic mass is 10.0. The zero-order valence-electron chi connectivity index (χ0n) is 29.8. The number of benzene rings is 7. The Labute approximate surface area is 316 Å². The van der Waals surface area contributed by atoms with Crippen molar-refractivity contribution in [3.8, 4) is 45.3 Å². The molecule has 1 aromatic heterocycles. The van der Waals surface area contributed by atoms with E-state index in [1.807, 2.05) is 97.1 Å². The standard InChI is InChI=1S/C47H35N4OPS/c1-54(2)43-26-16-15-25-37(43)38-30-40-42(31-44(38)54)53(52,36-23-13-6-14-24-36)41-29-34(27-28-39(41)51(40)35-21-11-5-12-22-35)47-49-45(32-17-7-3-8-18-32)48-46(50-47)33-19-9-4-10-20-33/h3-31H,1-2H3. The van der Waals surface area contributed by atoms with Crippen LogP contribution in [-0.2, 0) is 4.57 Å². The molecule has 1 unspecified atom stereocenters. The van der Waals surface area contributed by atoms with Crippen LogP contribution in [0.1, 0.15) is 0 Å². The molecule has 2 aliphatic rings. The number of fused-ring (bicyclic) bond motifs is 5. The van der Waals surface area contributed by atoms with Gasteiger partial charge in [-0.25, -0.2) is 15.0 Å². The van der Waals surface area contributed by atoms with Crippen LogP contribution in [0.4, 0.5) is 17.1 Å². The number of para-hydroxylation sites is 1. The summed E-state index contributed by atoms with van der Waals surface area (Å²) in [5.74, 6) is 1.69. The third kappa shape index (κ3) is 5.02. The molecule has 8 aromatic rings. The molecule has 0 spiro atoms. The van der Waals surface area contributed by atoms with Gasteiger partial charge >= 0.3 is 0 Å². The highest BCUT2D eigenvalue weighted by Gasteiger charge is 2.44. The molecule has 0 saturated heterocycles. The molecule has 2 aliphatic heterocycles. The van der Waals surface area contributed by atoms with Crippen molar-refractivity contribution in [1.82, 2.24) is 15.0 Å². The number of nitrogens with zero attached hydrogens (tertiary/aromatic N) is 4. The summed E-state index contributed by atoms with van der Waals surface area (Å²) in [5, 5.41) is 2.40. The maximum atomic E-state index is 16.6. The van der Waals surface area contributed by atoms with Crippen LogP contribution in [-0.4, -0.2) is 27.5 Å². The largest absolute Gasteiger partial charge is 0.309 e. The summed E-state index contributed by atoms with van der Waals surface area (Å²) < 4.78 is 16.6. The molecule has 0 radical (unpaired) electrons. The highest BCUT2D eigenvalue weighted by atomic mass is 32.3. The minimum absolute atomic E-state index is 0.525. The van der Waals surface area contributed by atoms with E-state index in [0.717, 1.165) is 49.7 Å². The number of rotatable bonds is 5. The van der Waals surface area contributed by atoms with Gasteiger partial charge in [-0.05, 0) is 72.2 Å². The SMILES string of the molecule is CS1(C)c2ccccc2-c2cc3c(cc21)P(=O)(c1ccccc1)c1cc(-c2nc(-c4ccccc4)nc(-c4ccccc4)n2)ccc1N3c1ccccc1. The lowest BCUT2D eigenvalue weighted by Gasteiger charge is -2.39. The Balaban J connectivity index is 1.26. The van der Waals surface area contributed by atoms with Crippen molar-refractivity contribution in [2.75, 3.05) is 17.4 Å². The van der Waals surface area contributed by atoms with Gasteiger partial charge in [0.05, 0.1) is 11.4 Å². The van der Waals surface area contributed by atoms with Gasteiger partial charge in [0.2, 0.25) is 0 Å². The molecule has 10 rings (SSSR count). The van der Waals surface area contributed by atoms with E-state index in [1.54, 1.807) is 0 Å². The summed E-state index contributed by atoms with van der Waals surface area (Å²) in [6.45, 7) is 0. The smallest absolute Gasteiger partial charge is 0.175 e. The average molecular weight is 735 g/mol. The average Bonchev–Trinajstić information content (AvgIpc) is 3.46. The first kappa shape index (κ1) is 32.6. The van der Waals surface area contributed by atoms with Gasteiger partial charge < -0.3 is 9.46 Å². The molecule has 260 valence electrons. The van der Waals surface area contributed by atoms with E-state index in [4.69, 9.17) is 15.0 Å². The topological polar surface area (TPSA) is 59.0 Å². The highest BCUT2D eigenvalue weighted by molar-refractivity contribution is 8.33. The van der Waals surface area contributed by atoms with Crippen molar-refractivity contribution < 1.29 is 4.57 Å².